The van der Waals surface area contributed by atoms with E-state index >= 15 is 0 Å². The number of para-hydroxylation sites is 1. The van der Waals surface area contributed by atoms with Crippen LogP contribution in [0.15, 0.2) is 60.7 Å². The van der Waals surface area contributed by atoms with Crippen LogP contribution in [0, 0.1) is 6.92 Å². The minimum absolute atomic E-state index is 0.176. The average molecular weight is 450 g/mol. The van der Waals surface area contributed by atoms with Gasteiger partial charge in [-0.2, -0.15) is 0 Å². The van der Waals surface area contributed by atoms with E-state index in [1.807, 2.05) is 31.2 Å². The molecule has 29 heavy (non-hydrogen) atoms. The molecule has 0 saturated heterocycles. The van der Waals surface area contributed by atoms with Crippen molar-refractivity contribution in [2.75, 3.05) is 17.2 Å². The summed E-state index contributed by atoms with van der Waals surface area (Å²) in [7, 11) is 0. The van der Waals surface area contributed by atoms with E-state index < -0.39 is 0 Å². The van der Waals surface area contributed by atoms with Gasteiger partial charge in [0.2, 0.25) is 0 Å². The molecule has 0 atom stereocenters. The lowest BCUT2D eigenvalue weighted by molar-refractivity contribution is -0.118. The normalized spacial score (nSPS) is 10.5. The summed E-state index contributed by atoms with van der Waals surface area (Å²) in [5, 5.41) is 7.65. The Hall–Kier alpha value is -2.40. The van der Waals surface area contributed by atoms with Gasteiger partial charge < -0.3 is 15.4 Å². The van der Waals surface area contributed by atoms with Gasteiger partial charge in [0, 0.05) is 17.3 Å². The first-order valence-electron chi connectivity index (χ1n) is 8.88. The van der Waals surface area contributed by atoms with Crippen molar-refractivity contribution in [2.24, 2.45) is 0 Å². The summed E-state index contributed by atoms with van der Waals surface area (Å²) in [4.78, 5) is 12.1. The van der Waals surface area contributed by atoms with E-state index in [0.29, 0.717) is 33.0 Å². The number of hydrogen-bond donors (Lipinski definition) is 2. The quantitative estimate of drug-likeness (QED) is 0.428. The fourth-order valence-electron chi connectivity index (χ4n) is 2.66. The second-order valence-electron chi connectivity index (χ2n) is 6.35. The number of anilines is 2. The molecular formula is C22H19Cl3N2O2. The van der Waals surface area contributed by atoms with Gasteiger partial charge >= 0.3 is 0 Å². The number of benzene rings is 3. The summed E-state index contributed by atoms with van der Waals surface area (Å²) < 4.78 is 5.54. The smallest absolute Gasteiger partial charge is 0.262 e. The Morgan fingerprint density at radius 3 is 2.38 bits per heavy atom. The summed E-state index contributed by atoms with van der Waals surface area (Å²) in [6.45, 7) is 2.36. The fraction of sp³-hybridized carbons (Fsp3) is 0.136. The molecule has 0 radical (unpaired) electrons. The maximum atomic E-state index is 12.1. The number of amides is 1. The molecule has 150 valence electrons. The molecule has 0 bridgehead atoms. The van der Waals surface area contributed by atoms with Crippen LogP contribution in [0.4, 0.5) is 11.4 Å². The lowest BCUT2D eigenvalue weighted by Gasteiger charge is -2.13. The van der Waals surface area contributed by atoms with E-state index in [1.54, 1.807) is 36.4 Å². The monoisotopic (exact) mass is 448 g/mol. The minimum atomic E-state index is -0.323. The van der Waals surface area contributed by atoms with Crippen molar-refractivity contribution in [1.82, 2.24) is 0 Å². The number of rotatable bonds is 7. The van der Waals surface area contributed by atoms with Crippen LogP contribution in [0.25, 0.3) is 0 Å². The van der Waals surface area contributed by atoms with Gasteiger partial charge in [-0.3, -0.25) is 4.79 Å². The molecule has 0 aromatic heterocycles. The Labute approximate surface area is 184 Å². The second kappa shape index (κ2) is 9.88. The Balaban J connectivity index is 1.56. The Kier molecular flexibility index (Phi) is 7.26. The van der Waals surface area contributed by atoms with Crippen LogP contribution in [0.1, 0.15) is 11.1 Å². The average Bonchev–Trinajstić information content (AvgIpc) is 2.70. The zero-order valence-corrected chi connectivity index (χ0v) is 17.9. The summed E-state index contributed by atoms with van der Waals surface area (Å²) >= 11 is 18.5. The van der Waals surface area contributed by atoms with Crippen LogP contribution in [0.3, 0.4) is 0 Å². The maximum absolute atomic E-state index is 12.1. The predicted octanol–water partition coefficient (Wildman–Crippen LogP) is 6.58. The molecule has 0 spiro atoms. The molecule has 1 amide bonds. The van der Waals surface area contributed by atoms with Crippen LogP contribution >= 0.6 is 34.8 Å². The number of carbonyl (C=O) groups excluding carboxylic acids is 1. The number of halogens is 3. The fourth-order valence-corrected chi connectivity index (χ4v) is 3.28. The van der Waals surface area contributed by atoms with Gasteiger partial charge in [0.05, 0.1) is 15.7 Å². The highest BCUT2D eigenvalue weighted by atomic mass is 35.5. The van der Waals surface area contributed by atoms with Crippen LogP contribution < -0.4 is 15.4 Å². The molecule has 3 aromatic carbocycles. The van der Waals surface area contributed by atoms with E-state index in [1.165, 1.54) is 0 Å². The number of carbonyl (C=O) groups is 1. The molecule has 0 heterocycles. The molecule has 0 fully saturated rings. The van der Waals surface area contributed by atoms with E-state index in [9.17, 15) is 4.79 Å². The topological polar surface area (TPSA) is 50.4 Å². The highest BCUT2D eigenvalue weighted by Gasteiger charge is 2.09. The first-order chi connectivity index (χ1) is 13.9. The van der Waals surface area contributed by atoms with Gasteiger partial charge in [0.25, 0.3) is 5.91 Å². The van der Waals surface area contributed by atoms with E-state index in [-0.39, 0.29) is 12.5 Å². The zero-order valence-electron chi connectivity index (χ0n) is 15.6. The molecule has 7 heteroatoms. The van der Waals surface area contributed by atoms with Crippen molar-refractivity contribution >= 4 is 52.1 Å². The van der Waals surface area contributed by atoms with Gasteiger partial charge in [-0.05, 0) is 54.4 Å². The van der Waals surface area contributed by atoms with Crippen LogP contribution in [-0.4, -0.2) is 12.5 Å². The standard InChI is InChI=1S/C22H19Cl3N2O2/c1-14-16(23)6-4-8-19(14)26-12-15-9-10-21(18(25)11-15)29-13-22(28)27-20-7-3-2-5-17(20)24/h2-11,26H,12-13H2,1H3,(H,27,28). The lowest BCUT2D eigenvalue weighted by atomic mass is 10.1. The highest BCUT2D eigenvalue weighted by Crippen LogP contribution is 2.27. The van der Waals surface area contributed by atoms with Gasteiger partial charge in [0.1, 0.15) is 5.75 Å². The molecule has 0 aliphatic heterocycles. The van der Waals surface area contributed by atoms with Gasteiger partial charge in [-0.25, -0.2) is 0 Å². The van der Waals surface area contributed by atoms with E-state index in [2.05, 4.69) is 10.6 Å². The molecule has 0 unspecified atom stereocenters. The molecule has 4 nitrogen and oxygen atoms in total. The Morgan fingerprint density at radius 1 is 0.897 bits per heavy atom. The largest absolute Gasteiger partial charge is 0.482 e. The third-order valence-corrected chi connectivity index (χ3v) is 5.29. The molecule has 3 rings (SSSR count). The SMILES string of the molecule is Cc1c(Cl)cccc1NCc1ccc(OCC(=O)Nc2ccccc2Cl)c(Cl)c1. The van der Waals surface area contributed by atoms with E-state index in [0.717, 1.165) is 16.8 Å². The predicted molar refractivity (Wildman–Crippen MR) is 121 cm³/mol. The summed E-state index contributed by atoms with van der Waals surface area (Å²) in [6.07, 6.45) is 0. The van der Waals surface area contributed by atoms with E-state index in [4.69, 9.17) is 39.5 Å². The summed E-state index contributed by atoms with van der Waals surface area (Å²) in [6, 6.07) is 18.2. The van der Waals surface area contributed by atoms with Crippen LogP contribution in [0.2, 0.25) is 15.1 Å². The van der Waals surface area contributed by atoms with Gasteiger partial charge in [-0.1, -0.05) is 59.1 Å². The van der Waals surface area contributed by atoms with Crippen LogP contribution in [0.5, 0.6) is 5.75 Å². The van der Waals surface area contributed by atoms with Gasteiger partial charge in [0.15, 0.2) is 6.61 Å². The van der Waals surface area contributed by atoms with Crippen molar-refractivity contribution in [2.45, 2.75) is 13.5 Å². The Morgan fingerprint density at radius 2 is 1.62 bits per heavy atom. The van der Waals surface area contributed by atoms with Crippen molar-refractivity contribution in [3.63, 3.8) is 0 Å². The maximum Gasteiger partial charge on any atom is 0.262 e. The van der Waals surface area contributed by atoms with Crippen molar-refractivity contribution in [3.05, 3.63) is 86.9 Å². The molecule has 3 aromatic rings. The van der Waals surface area contributed by atoms with Crippen molar-refractivity contribution in [1.29, 1.82) is 0 Å². The third-order valence-electron chi connectivity index (χ3n) is 4.25. The van der Waals surface area contributed by atoms with Gasteiger partial charge in [-0.15, -0.1) is 0 Å². The first-order valence-corrected chi connectivity index (χ1v) is 10.0. The molecular weight excluding hydrogens is 431 g/mol. The van der Waals surface area contributed by atoms with Crippen molar-refractivity contribution in [3.8, 4) is 5.75 Å². The lowest BCUT2D eigenvalue weighted by Crippen LogP contribution is -2.20. The minimum Gasteiger partial charge on any atom is -0.482 e. The second-order valence-corrected chi connectivity index (χ2v) is 7.57. The number of nitrogens with one attached hydrogen (secondary N) is 2. The third kappa shape index (κ3) is 5.80. The molecule has 0 saturated carbocycles. The summed E-state index contributed by atoms with van der Waals surface area (Å²) in [5.41, 5.74) is 3.46. The molecule has 0 aliphatic carbocycles. The molecule has 0 aliphatic rings. The number of hydrogen-bond acceptors (Lipinski definition) is 3. The Bertz CT molecular complexity index is 1020. The zero-order chi connectivity index (χ0) is 20.8. The number of ether oxygens (including phenoxy) is 1. The molecule has 2 N–H and O–H groups in total. The highest BCUT2D eigenvalue weighted by molar-refractivity contribution is 6.33. The first kappa shape index (κ1) is 21.3. The van der Waals surface area contributed by atoms with Crippen LogP contribution in [-0.2, 0) is 11.3 Å². The van der Waals surface area contributed by atoms with Crippen molar-refractivity contribution < 1.29 is 9.53 Å². The summed E-state index contributed by atoms with van der Waals surface area (Å²) in [5.74, 6) is 0.111.